The van der Waals surface area contributed by atoms with E-state index in [0.717, 1.165) is 0 Å². The molecule has 11 nitrogen and oxygen atoms in total. The van der Waals surface area contributed by atoms with Gasteiger partial charge in [-0.2, -0.15) is 0 Å². The SMILES string of the molecule is COCC(=O)Nc1cccc(NC(=O)NCCC(=O)N2CCN(c3ncccn3)CC2)c1. The minimum atomic E-state index is -0.427. The van der Waals surface area contributed by atoms with Crippen molar-refractivity contribution < 1.29 is 19.1 Å². The number of hydrogen-bond donors (Lipinski definition) is 3. The van der Waals surface area contributed by atoms with Gasteiger partial charge >= 0.3 is 6.03 Å². The number of methoxy groups -OCH3 is 1. The Bertz CT molecular complexity index is 917. The van der Waals surface area contributed by atoms with E-state index < -0.39 is 6.03 Å². The summed E-state index contributed by atoms with van der Waals surface area (Å²) in [6.07, 6.45) is 3.61. The maximum atomic E-state index is 12.4. The molecule has 0 atom stereocenters. The fraction of sp³-hybridized carbons (Fsp3) is 0.381. The first-order chi connectivity index (χ1) is 15.5. The van der Waals surface area contributed by atoms with Crippen molar-refractivity contribution in [3.63, 3.8) is 0 Å². The second-order valence-electron chi connectivity index (χ2n) is 7.11. The number of anilines is 3. The Morgan fingerprint density at radius 2 is 1.69 bits per heavy atom. The van der Waals surface area contributed by atoms with Crippen molar-refractivity contribution in [1.29, 1.82) is 0 Å². The molecule has 0 bridgehead atoms. The van der Waals surface area contributed by atoms with Crippen molar-refractivity contribution in [2.24, 2.45) is 0 Å². The Balaban J connectivity index is 1.37. The molecule has 3 N–H and O–H groups in total. The molecule has 1 saturated heterocycles. The summed E-state index contributed by atoms with van der Waals surface area (Å²) in [5.41, 5.74) is 1.06. The Morgan fingerprint density at radius 3 is 2.38 bits per heavy atom. The monoisotopic (exact) mass is 441 g/mol. The number of hydrogen-bond acceptors (Lipinski definition) is 7. The predicted octanol–water partition coefficient (Wildman–Crippen LogP) is 0.922. The molecule has 1 fully saturated rings. The van der Waals surface area contributed by atoms with Crippen LogP contribution < -0.4 is 20.9 Å². The van der Waals surface area contributed by atoms with E-state index in [1.165, 1.54) is 7.11 Å². The van der Waals surface area contributed by atoms with Gasteiger partial charge in [0.1, 0.15) is 6.61 Å². The molecule has 3 rings (SSSR count). The molecule has 2 heterocycles. The molecule has 1 aliphatic heterocycles. The van der Waals surface area contributed by atoms with Crippen molar-refractivity contribution in [1.82, 2.24) is 20.2 Å². The van der Waals surface area contributed by atoms with Gasteiger partial charge in [0, 0.05) is 70.0 Å². The molecule has 0 radical (unpaired) electrons. The highest BCUT2D eigenvalue weighted by Crippen LogP contribution is 2.15. The van der Waals surface area contributed by atoms with Crippen LogP contribution in [0.2, 0.25) is 0 Å². The molecule has 0 unspecified atom stereocenters. The number of piperazine rings is 1. The van der Waals surface area contributed by atoms with Gasteiger partial charge in [-0.25, -0.2) is 14.8 Å². The Kier molecular flexibility index (Phi) is 8.32. The maximum absolute atomic E-state index is 12.4. The van der Waals surface area contributed by atoms with Crippen LogP contribution in [0.15, 0.2) is 42.7 Å². The Labute approximate surface area is 186 Å². The lowest BCUT2D eigenvalue weighted by atomic mass is 10.2. The van der Waals surface area contributed by atoms with Gasteiger partial charge in [0.25, 0.3) is 0 Å². The van der Waals surface area contributed by atoms with Gasteiger partial charge < -0.3 is 30.5 Å². The number of nitrogens with zero attached hydrogens (tertiary/aromatic N) is 4. The lowest BCUT2D eigenvalue weighted by Gasteiger charge is -2.34. The Hall–Kier alpha value is -3.73. The minimum absolute atomic E-state index is 0.0122. The summed E-state index contributed by atoms with van der Waals surface area (Å²) >= 11 is 0. The number of carbonyl (C=O) groups excluding carboxylic acids is 3. The van der Waals surface area contributed by atoms with Crippen LogP contribution in [0.1, 0.15) is 6.42 Å². The Morgan fingerprint density at radius 1 is 1.00 bits per heavy atom. The topological polar surface area (TPSA) is 129 Å². The fourth-order valence-corrected chi connectivity index (χ4v) is 3.23. The van der Waals surface area contributed by atoms with Crippen molar-refractivity contribution in [2.75, 3.05) is 62.0 Å². The highest BCUT2D eigenvalue weighted by Gasteiger charge is 2.22. The number of ether oxygens (including phenoxy) is 1. The van der Waals surface area contributed by atoms with Crippen LogP contribution >= 0.6 is 0 Å². The second-order valence-corrected chi connectivity index (χ2v) is 7.11. The highest BCUT2D eigenvalue weighted by molar-refractivity contribution is 5.94. The summed E-state index contributed by atoms with van der Waals surface area (Å²) in [7, 11) is 1.44. The molecule has 170 valence electrons. The summed E-state index contributed by atoms with van der Waals surface area (Å²) in [6.45, 7) is 2.68. The average Bonchev–Trinajstić information content (AvgIpc) is 2.80. The van der Waals surface area contributed by atoms with Crippen LogP contribution in [-0.4, -0.2) is 79.2 Å². The molecule has 2 aromatic rings. The van der Waals surface area contributed by atoms with Crippen LogP contribution in [0, 0.1) is 0 Å². The summed E-state index contributed by atoms with van der Waals surface area (Å²) in [5.74, 6) is 0.367. The van der Waals surface area contributed by atoms with Gasteiger partial charge in [-0.1, -0.05) is 6.07 Å². The third kappa shape index (κ3) is 6.91. The molecule has 0 spiro atoms. The molecule has 1 aliphatic rings. The van der Waals surface area contributed by atoms with Crippen molar-refractivity contribution >= 4 is 35.2 Å². The number of amides is 4. The molecule has 11 heteroatoms. The smallest absolute Gasteiger partial charge is 0.319 e. The summed E-state index contributed by atoms with van der Waals surface area (Å²) in [4.78, 5) is 48.5. The first-order valence-corrected chi connectivity index (χ1v) is 10.3. The quantitative estimate of drug-likeness (QED) is 0.556. The minimum Gasteiger partial charge on any atom is -0.375 e. The van der Waals surface area contributed by atoms with Crippen molar-refractivity contribution in [2.45, 2.75) is 6.42 Å². The first-order valence-electron chi connectivity index (χ1n) is 10.3. The molecule has 32 heavy (non-hydrogen) atoms. The molecular weight excluding hydrogens is 414 g/mol. The summed E-state index contributed by atoms with van der Waals surface area (Å²) in [5, 5.41) is 8.04. The summed E-state index contributed by atoms with van der Waals surface area (Å²) in [6, 6.07) is 8.09. The van der Waals surface area contributed by atoms with E-state index in [1.807, 2.05) is 4.90 Å². The van der Waals surface area contributed by atoms with Crippen molar-refractivity contribution in [3.05, 3.63) is 42.7 Å². The lowest BCUT2D eigenvalue weighted by Crippen LogP contribution is -2.49. The third-order valence-corrected chi connectivity index (χ3v) is 4.77. The van der Waals surface area contributed by atoms with Gasteiger partial charge in [-0.3, -0.25) is 9.59 Å². The van der Waals surface area contributed by atoms with Crippen LogP contribution in [0.5, 0.6) is 0 Å². The van der Waals surface area contributed by atoms with Gasteiger partial charge in [-0.05, 0) is 24.3 Å². The van der Waals surface area contributed by atoms with Gasteiger partial charge in [0.05, 0.1) is 0 Å². The fourth-order valence-electron chi connectivity index (χ4n) is 3.23. The second kappa shape index (κ2) is 11.6. The van der Waals surface area contributed by atoms with Crippen LogP contribution in [-0.2, 0) is 14.3 Å². The van der Waals surface area contributed by atoms with E-state index in [9.17, 15) is 14.4 Å². The largest absolute Gasteiger partial charge is 0.375 e. The zero-order valence-corrected chi connectivity index (χ0v) is 17.9. The lowest BCUT2D eigenvalue weighted by molar-refractivity contribution is -0.131. The zero-order valence-electron chi connectivity index (χ0n) is 17.9. The number of nitrogens with one attached hydrogen (secondary N) is 3. The first kappa shape index (κ1) is 22.9. The van der Waals surface area contributed by atoms with E-state index in [0.29, 0.717) is 43.5 Å². The normalized spacial score (nSPS) is 13.4. The molecule has 4 amide bonds. The molecular formula is C21H27N7O4. The number of rotatable bonds is 8. The predicted molar refractivity (Wildman–Crippen MR) is 119 cm³/mol. The summed E-state index contributed by atoms with van der Waals surface area (Å²) < 4.78 is 4.77. The van der Waals surface area contributed by atoms with Crippen LogP contribution in [0.25, 0.3) is 0 Å². The highest BCUT2D eigenvalue weighted by atomic mass is 16.5. The van der Waals surface area contributed by atoms with E-state index in [4.69, 9.17) is 4.74 Å². The van der Waals surface area contributed by atoms with Gasteiger partial charge in [0.15, 0.2) is 0 Å². The molecule has 0 aliphatic carbocycles. The van der Waals surface area contributed by atoms with E-state index in [2.05, 4.69) is 25.9 Å². The van der Waals surface area contributed by atoms with E-state index in [1.54, 1.807) is 47.6 Å². The standard InChI is InChI=1S/C21H27N7O4/c1-32-15-18(29)25-16-4-2-5-17(14-16)26-21(31)24-9-6-19(30)27-10-12-28(13-11-27)20-22-7-3-8-23-20/h2-5,7-8,14H,6,9-13,15H2,1H3,(H,25,29)(H2,24,26,31). The van der Waals surface area contributed by atoms with E-state index >= 15 is 0 Å². The molecule has 1 aromatic heterocycles. The number of aromatic nitrogens is 2. The van der Waals surface area contributed by atoms with E-state index in [-0.39, 0.29) is 31.4 Å². The number of benzene rings is 1. The van der Waals surface area contributed by atoms with Gasteiger partial charge in [-0.15, -0.1) is 0 Å². The third-order valence-electron chi connectivity index (χ3n) is 4.77. The molecule has 0 saturated carbocycles. The van der Waals surface area contributed by atoms with Crippen LogP contribution in [0.4, 0.5) is 22.1 Å². The number of urea groups is 1. The van der Waals surface area contributed by atoms with Crippen LogP contribution in [0.3, 0.4) is 0 Å². The molecule has 1 aromatic carbocycles. The maximum Gasteiger partial charge on any atom is 0.319 e. The number of carbonyl (C=O) groups is 3. The van der Waals surface area contributed by atoms with Crippen molar-refractivity contribution in [3.8, 4) is 0 Å². The zero-order chi connectivity index (χ0) is 22.8. The average molecular weight is 441 g/mol. The van der Waals surface area contributed by atoms with Gasteiger partial charge in [0.2, 0.25) is 17.8 Å².